The summed E-state index contributed by atoms with van der Waals surface area (Å²) in [6.45, 7) is 6.31. The van der Waals surface area contributed by atoms with Gasteiger partial charge in [-0.1, -0.05) is 243 Å². The second kappa shape index (κ2) is 62.6. The minimum absolute atomic E-state index is 0.108. The van der Waals surface area contributed by atoms with Crippen molar-refractivity contribution in [3.05, 3.63) is 158 Å². The third-order valence-electron chi connectivity index (χ3n) is 12.2. The Balaban J connectivity index is 4.46. The van der Waals surface area contributed by atoms with Crippen LogP contribution in [-0.2, 0) is 28.6 Å². The van der Waals surface area contributed by atoms with E-state index in [9.17, 15) is 14.4 Å². The molecule has 1 atom stereocenters. The van der Waals surface area contributed by atoms with Gasteiger partial charge >= 0.3 is 17.9 Å². The Hall–Kier alpha value is -4.97. The van der Waals surface area contributed by atoms with E-state index in [1.807, 2.05) is 0 Å². The van der Waals surface area contributed by atoms with Gasteiger partial charge in [-0.2, -0.15) is 0 Å². The van der Waals surface area contributed by atoms with Gasteiger partial charge in [-0.3, -0.25) is 14.4 Å². The van der Waals surface area contributed by atoms with Crippen LogP contribution in [0.1, 0.15) is 245 Å². The van der Waals surface area contributed by atoms with E-state index >= 15 is 0 Å². The predicted octanol–water partition coefficient (Wildman–Crippen LogP) is 20.9. The van der Waals surface area contributed by atoms with Gasteiger partial charge in [-0.05, 0) is 141 Å². The Labute approximate surface area is 467 Å². The number of hydrogen-bond donors (Lipinski definition) is 0. The summed E-state index contributed by atoms with van der Waals surface area (Å²) >= 11 is 0. The molecule has 426 valence electrons. The van der Waals surface area contributed by atoms with Crippen molar-refractivity contribution in [2.75, 3.05) is 13.2 Å². The largest absolute Gasteiger partial charge is 0.462 e. The molecule has 1 unspecified atom stereocenters. The molecule has 0 saturated heterocycles. The highest BCUT2D eigenvalue weighted by Crippen LogP contribution is 2.13. The fourth-order valence-corrected chi connectivity index (χ4v) is 7.72. The highest BCUT2D eigenvalue weighted by molar-refractivity contribution is 5.71. The predicted molar refractivity (Wildman–Crippen MR) is 329 cm³/mol. The molecule has 0 heterocycles. The van der Waals surface area contributed by atoms with E-state index in [-0.39, 0.29) is 37.5 Å². The Morgan fingerprint density at radius 1 is 0.276 bits per heavy atom. The van der Waals surface area contributed by atoms with Gasteiger partial charge in [0.25, 0.3) is 0 Å². The summed E-state index contributed by atoms with van der Waals surface area (Å²) < 4.78 is 16.8. The monoisotopic (exact) mass is 1050 g/mol. The van der Waals surface area contributed by atoms with Crippen molar-refractivity contribution in [3.63, 3.8) is 0 Å². The maximum absolute atomic E-state index is 12.9. The molecule has 0 aliphatic carbocycles. The number of carbonyl (C=O) groups is 3. The maximum Gasteiger partial charge on any atom is 0.306 e. The minimum Gasteiger partial charge on any atom is -0.462 e. The van der Waals surface area contributed by atoms with E-state index in [0.717, 1.165) is 186 Å². The van der Waals surface area contributed by atoms with Crippen molar-refractivity contribution in [1.29, 1.82) is 0 Å². The Kier molecular flexibility index (Phi) is 58.5. The zero-order valence-corrected chi connectivity index (χ0v) is 48.7. The van der Waals surface area contributed by atoms with Crippen LogP contribution in [0.2, 0.25) is 0 Å². The Morgan fingerprint density at radius 2 is 0.513 bits per heavy atom. The van der Waals surface area contributed by atoms with Crippen LogP contribution in [0.3, 0.4) is 0 Å². The molecule has 0 aromatic heterocycles. The number of rotatable bonds is 53. The zero-order valence-electron chi connectivity index (χ0n) is 48.7. The van der Waals surface area contributed by atoms with Gasteiger partial charge in [0.15, 0.2) is 6.10 Å². The van der Waals surface area contributed by atoms with Crippen molar-refractivity contribution in [2.24, 2.45) is 0 Å². The van der Waals surface area contributed by atoms with Crippen molar-refractivity contribution >= 4 is 17.9 Å². The van der Waals surface area contributed by atoms with E-state index < -0.39 is 6.10 Å². The summed E-state index contributed by atoms with van der Waals surface area (Å²) in [4.78, 5) is 38.2. The van der Waals surface area contributed by atoms with Crippen LogP contribution in [0.5, 0.6) is 0 Å². The third-order valence-corrected chi connectivity index (χ3v) is 12.2. The average Bonchev–Trinajstić information content (AvgIpc) is 3.42. The summed E-state index contributed by atoms with van der Waals surface area (Å²) in [6, 6.07) is 0. The number of ether oxygens (including phenoxy) is 3. The molecule has 0 aliphatic heterocycles. The summed E-state index contributed by atoms with van der Waals surface area (Å²) in [7, 11) is 0. The molecule has 0 bridgehead atoms. The minimum atomic E-state index is -0.814. The molecule has 6 heteroatoms. The van der Waals surface area contributed by atoms with Crippen molar-refractivity contribution in [3.8, 4) is 0 Å². The van der Waals surface area contributed by atoms with Gasteiger partial charge in [-0.15, -0.1) is 0 Å². The van der Waals surface area contributed by atoms with Gasteiger partial charge in [0.05, 0.1) is 0 Å². The van der Waals surface area contributed by atoms with Crippen LogP contribution in [0.15, 0.2) is 158 Å². The summed E-state index contributed by atoms with van der Waals surface area (Å²) in [5, 5.41) is 0. The molecule has 0 aromatic carbocycles. The molecule has 0 rings (SSSR count). The SMILES string of the molecule is CC/C=C\C/C=C\C/C=C\C/C=C\C/C=C\C/C=C\C/C=C\CCCCCCCC(=O)OCC(COC(=O)CCCCCCC/C=C\C/C=C\CCCC)OC(=O)CCCCCC/C=C\C/C=C\C/C=C\C/C=C\CC. The van der Waals surface area contributed by atoms with E-state index in [2.05, 4.69) is 179 Å². The highest BCUT2D eigenvalue weighted by atomic mass is 16.6. The lowest BCUT2D eigenvalue weighted by atomic mass is 10.1. The molecule has 0 radical (unpaired) electrons. The van der Waals surface area contributed by atoms with Crippen molar-refractivity contribution in [1.82, 2.24) is 0 Å². The average molecular weight is 1050 g/mol. The van der Waals surface area contributed by atoms with Crippen LogP contribution < -0.4 is 0 Å². The molecule has 0 fully saturated rings. The standard InChI is InChI=1S/C70H110O6/c1-4-7-10-13-16-19-22-25-28-30-31-32-33-34-35-36-37-38-39-41-42-45-48-51-54-57-60-63-69(72)75-66-67(65-74-68(71)62-59-56-53-50-47-44-27-24-21-18-15-12-9-6-3)76-70(73)64-61-58-55-52-49-46-43-40-29-26-23-20-17-14-11-8-5-2/h7-8,10-11,15-20,24-29,31-32,34-35,37-38,41-43,46,67H,4-6,9,12-14,21-23,30,33,36,39-40,44-45,47-66H2,1-3H3/b10-7-,11-8-,18-15-,19-16-,20-17-,27-24-,28-25-,29-26-,32-31-,35-34-,38-37-,42-41-,46-43-. The van der Waals surface area contributed by atoms with Gasteiger partial charge in [0.2, 0.25) is 0 Å². The molecular formula is C70H110O6. The maximum atomic E-state index is 12.9. The lowest BCUT2D eigenvalue weighted by Gasteiger charge is -2.18. The zero-order chi connectivity index (χ0) is 55.0. The normalized spacial score (nSPS) is 13.2. The molecule has 0 amide bonds. The third kappa shape index (κ3) is 59.9. The number of esters is 3. The molecular weight excluding hydrogens is 937 g/mol. The van der Waals surface area contributed by atoms with Gasteiger partial charge in [0.1, 0.15) is 13.2 Å². The lowest BCUT2D eigenvalue weighted by Crippen LogP contribution is -2.30. The second-order valence-electron chi connectivity index (χ2n) is 19.5. The first-order valence-corrected chi connectivity index (χ1v) is 30.5. The van der Waals surface area contributed by atoms with Gasteiger partial charge < -0.3 is 14.2 Å². The molecule has 76 heavy (non-hydrogen) atoms. The number of allylic oxidation sites excluding steroid dienone is 26. The fraction of sp³-hybridized carbons (Fsp3) is 0.586. The Bertz CT molecular complexity index is 1720. The smallest absolute Gasteiger partial charge is 0.306 e. The number of hydrogen-bond acceptors (Lipinski definition) is 6. The van der Waals surface area contributed by atoms with Crippen LogP contribution in [-0.4, -0.2) is 37.2 Å². The molecule has 0 saturated carbocycles. The van der Waals surface area contributed by atoms with Crippen LogP contribution in [0, 0.1) is 0 Å². The Morgan fingerprint density at radius 3 is 0.803 bits per heavy atom. The van der Waals surface area contributed by atoms with E-state index in [1.165, 1.54) is 19.3 Å². The van der Waals surface area contributed by atoms with Gasteiger partial charge in [-0.25, -0.2) is 0 Å². The van der Waals surface area contributed by atoms with Crippen molar-refractivity contribution < 1.29 is 28.6 Å². The summed E-state index contributed by atoms with van der Waals surface area (Å²) in [6.07, 6.45) is 90.9. The summed E-state index contributed by atoms with van der Waals surface area (Å²) in [5.74, 6) is -0.971. The van der Waals surface area contributed by atoms with E-state index in [1.54, 1.807) is 0 Å². The number of carbonyl (C=O) groups excluding carboxylic acids is 3. The van der Waals surface area contributed by atoms with Crippen molar-refractivity contribution in [2.45, 2.75) is 252 Å². The first-order chi connectivity index (χ1) is 37.5. The van der Waals surface area contributed by atoms with Crippen LogP contribution in [0.4, 0.5) is 0 Å². The van der Waals surface area contributed by atoms with Crippen LogP contribution >= 0.6 is 0 Å². The lowest BCUT2D eigenvalue weighted by molar-refractivity contribution is -0.167. The van der Waals surface area contributed by atoms with Gasteiger partial charge in [0, 0.05) is 19.3 Å². The molecule has 0 spiro atoms. The van der Waals surface area contributed by atoms with E-state index in [4.69, 9.17) is 14.2 Å². The molecule has 0 aromatic rings. The second-order valence-corrected chi connectivity index (χ2v) is 19.5. The molecule has 6 nitrogen and oxygen atoms in total. The molecule has 0 N–H and O–H groups in total. The van der Waals surface area contributed by atoms with Crippen LogP contribution in [0.25, 0.3) is 0 Å². The summed E-state index contributed by atoms with van der Waals surface area (Å²) in [5.41, 5.74) is 0. The first-order valence-electron chi connectivity index (χ1n) is 30.5. The molecule has 0 aliphatic rings. The topological polar surface area (TPSA) is 78.9 Å². The first kappa shape index (κ1) is 71.0. The number of unbranched alkanes of at least 4 members (excludes halogenated alkanes) is 16. The van der Waals surface area contributed by atoms with E-state index in [0.29, 0.717) is 12.8 Å². The fourth-order valence-electron chi connectivity index (χ4n) is 7.72. The quantitative estimate of drug-likeness (QED) is 0.0261. The highest BCUT2D eigenvalue weighted by Gasteiger charge is 2.19.